The van der Waals surface area contributed by atoms with Gasteiger partial charge in [-0.2, -0.15) is 0 Å². The molecule has 0 fully saturated rings. The topological polar surface area (TPSA) is 77.5 Å². The largest absolute Gasteiger partial charge is 0.463 e. The van der Waals surface area contributed by atoms with Gasteiger partial charge in [-0.3, -0.25) is 4.98 Å². The molecule has 1 aliphatic rings. The van der Waals surface area contributed by atoms with Crippen LogP contribution in [0.2, 0.25) is 0 Å². The number of dihydropyridines is 1. The first-order valence-electron chi connectivity index (χ1n) is 9.60. The number of esters is 2. The van der Waals surface area contributed by atoms with Crippen molar-refractivity contribution in [3.63, 3.8) is 0 Å². The van der Waals surface area contributed by atoms with Gasteiger partial charge in [-0.15, -0.1) is 0 Å². The quantitative estimate of drug-likeness (QED) is 0.757. The maximum Gasteiger partial charge on any atom is 0.337 e. The van der Waals surface area contributed by atoms with E-state index < -0.39 is 17.9 Å². The zero-order chi connectivity index (χ0) is 20.8. The molecule has 1 unspecified atom stereocenters. The maximum atomic E-state index is 13.1. The van der Waals surface area contributed by atoms with Gasteiger partial charge in [0.25, 0.3) is 0 Å². The molecule has 1 aromatic heterocycles. The van der Waals surface area contributed by atoms with Crippen LogP contribution in [0.4, 0.5) is 0 Å². The molecule has 2 heterocycles. The van der Waals surface area contributed by atoms with E-state index in [-0.39, 0.29) is 13.2 Å². The number of allylic oxidation sites excluding steroid dienone is 1. The Kier molecular flexibility index (Phi) is 6.44. The Labute approximate surface area is 170 Å². The van der Waals surface area contributed by atoms with Crippen LogP contribution in [0.15, 0.2) is 71.7 Å². The van der Waals surface area contributed by atoms with Crippen molar-refractivity contribution in [2.45, 2.75) is 26.7 Å². The third-order valence-electron chi connectivity index (χ3n) is 4.66. The molecule has 0 bridgehead atoms. The molecule has 6 heteroatoms. The number of hydrogen-bond acceptors (Lipinski definition) is 6. The van der Waals surface area contributed by atoms with Crippen molar-refractivity contribution in [3.05, 3.63) is 82.8 Å². The number of hydrogen-bond donors (Lipinski definition) is 1. The molecular weight excluding hydrogens is 368 g/mol. The summed E-state index contributed by atoms with van der Waals surface area (Å²) in [5, 5.41) is 3.25. The molecule has 1 aliphatic heterocycles. The Balaban J connectivity index is 2.27. The molecule has 3 rings (SSSR count). The summed E-state index contributed by atoms with van der Waals surface area (Å²) in [6, 6.07) is 13.1. The van der Waals surface area contributed by atoms with Crippen LogP contribution in [0.25, 0.3) is 5.70 Å². The van der Waals surface area contributed by atoms with Gasteiger partial charge in [0.15, 0.2) is 0 Å². The highest BCUT2D eigenvalue weighted by Crippen LogP contribution is 2.41. The summed E-state index contributed by atoms with van der Waals surface area (Å²) in [4.78, 5) is 30.0. The minimum atomic E-state index is -0.632. The average molecular weight is 392 g/mol. The van der Waals surface area contributed by atoms with Crippen LogP contribution in [-0.4, -0.2) is 30.1 Å². The highest BCUT2D eigenvalue weighted by Gasteiger charge is 2.39. The van der Waals surface area contributed by atoms with Crippen molar-refractivity contribution < 1.29 is 19.1 Å². The van der Waals surface area contributed by atoms with Gasteiger partial charge in [-0.1, -0.05) is 30.3 Å². The summed E-state index contributed by atoms with van der Waals surface area (Å²) < 4.78 is 10.7. The molecule has 150 valence electrons. The van der Waals surface area contributed by atoms with Crippen molar-refractivity contribution in [1.29, 1.82) is 0 Å². The Hall–Kier alpha value is -3.41. The van der Waals surface area contributed by atoms with Crippen LogP contribution in [-0.2, 0) is 19.1 Å². The van der Waals surface area contributed by atoms with Crippen molar-refractivity contribution >= 4 is 17.6 Å². The molecular formula is C23H24N2O4. The van der Waals surface area contributed by atoms with E-state index in [2.05, 4.69) is 10.3 Å². The summed E-state index contributed by atoms with van der Waals surface area (Å²) in [5.41, 5.74) is 3.62. The van der Waals surface area contributed by atoms with Gasteiger partial charge < -0.3 is 14.8 Å². The van der Waals surface area contributed by atoms with Crippen LogP contribution < -0.4 is 5.32 Å². The van der Waals surface area contributed by atoms with Gasteiger partial charge in [0.2, 0.25) is 0 Å². The third kappa shape index (κ3) is 4.21. The van der Waals surface area contributed by atoms with Crippen LogP contribution in [0.3, 0.4) is 0 Å². The number of pyridine rings is 1. The van der Waals surface area contributed by atoms with E-state index in [0.29, 0.717) is 22.5 Å². The first kappa shape index (κ1) is 20.3. The lowest BCUT2D eigenvalue weighted by molar-refractivity contribution is -0.139. The SMILES string of the molecule is CCOC(=O)C1=C(C)NC(c2ccccc2)=C(C(=O)OCC)C1c1ccncc1. The third-order valence-corrected chi connectivity index (χ3v) is 4.66. The number of ether oxygens (including phenoxy) is 2. The zero-order valence-electron chi connectivity index (χ0n) is 16.8. The molecule has 1 N–H and O–H groups in total. The summed E-state index contributed by atoms with van der Waals surface area (Å²) in [6.45, 7) is 5.79. The van der Waals surface area contributed by atoms with Crippen molar-refractivity contribution in [1.82, 2.24) is 10.3 Å². The number of benzene rings is 1. The standard InChI is InChI=1S/C23H24N2O4/c1-4-28-22(26)18-15(3)25-21(17-9-7-6-8-10-17)20(23(27)29-5-2)19(18)16-11-13-24-14-12-16/h6-14,19,25H,4-5H2,1-3H3. The second-order valence-corrected chi connectivity index (χ2v) is 6.47. The molecule has 0 saturated carbocycles. The van der Waals surface area contributed by atoms with E-state index in [1.165, 1.54) is 0 Å². The van der Waals surface area contributed by atoms with Crippen LogP contribution in [0, 0.1) is 0 Å². The van der Waals surface area contributed by atoms with Crippen molar-refractivity contribution in [2.75, 3.05) is 13.2 Å². The Morgan fingerprint density at radius 2 is 1.52 bits per heavy atom. The Bertz CT molecular complexity index is 949. The molecule has 0 aliphatic carbocycles. The van der Waals surface area contributed by atoms with Crippen LogP contribution >= 0.6 is 0 Å². The normalized spacial score (nSPS) is 16.3. The van der Waals surface area contributed by atoms with Gasteiger partial charge in [-0.25, -0.2) is 9.59 Å². The van der Waals surface area contributed by atoms with E-state index in [4.69, 9.17) is 9.47 Å². The lowest BCUT2D eigenvalue weighted by Crippen LogP contribution is -2.32. The second-order valence-electron chi connectivity index (χ2n) is 6.47. The van der Waals surface area contributed by atoms with Crippen molar-refractivity contribution in [3.8, 4) is 0 Å². The summed E-state index contributed by atoms with van der Waals surface area (Å²) in [7, 11) is 0. The van der Waals surface area contributed by atoms with E-state index >= 15 is 0 Å². The predicted molar refractivity (Wildman–Crippen MR) is 109 cm³/mol. The monoisotopic (exact) mass is 392 g/mol. The minimum Gasteiger partial charge on any atom is -0.463 e. The highest BCUT2D eigenvalue weighted by molar-refractivity contribution is 6.05. The molecule has 0 saturated heterocycles. The maximum absolute atomic E-state index is 13.1. The molecule has 6 nitrogen and oxygen atoms in total. The molecule has 0 spiro atoms. The van der Waals surface area contributed by atoms with E-state index in [1.807, 2.05) is 37.3 Å². The van der Waals surface area contributed by atoms with E-state index in [0.717, 1.165) is 11.1 Å². The molecule has 2 aromatic rings. The van der Waals surface area contributed by atoms with E-state index in [1.54, 1.807) is 38.4 Å². The number of nitrogens with zero attached hydrogens (tertiary/aromatic N) is 1. The zero-order valence-corrected chi connectivity index (χ0v) is 16.8. The highest BCUT2D eigenvalue weighted by atomic mass is 16.5. The fourth-order valence-corrected chi connectivity index (χ4v) is 3.46. The minimum absolute atomic E-state index is 0.227. The van der Waals surface area contributed by atoms with Crippen LogP contribution in [0.5, 0.6) is 0 Å². The Morgan fingerprint density at radius 1 is 0.931 bits per heavy atom. The number of carbonyl (C=O) groups excluding carboxylic acids is 2. The molecule has 0 radical (unpaired) electrons. The summed E-state index contributed by atoms with van der Waals surface area (Å²) >= 11 is 0. The summed E-state index contributed by atoms with van der Waals surface area (Å²) in [6.07, 6.45) is 3.28. The molecule has 0 amide bonds. The molecule has 1 aromatic carbocycles. The molecule has 29 heavy (non-hydrogen) atoms. The van der Waals surface area contributed by atoms with Gasteiger partial charge in [0, 0.05) is 18.1 Å². The lowest BCUT2D eigenvalue weighted by atomic mass is 9.79. The fourth-order valence-electron chi connectivity index (χ4n) is 3.46. The van der Waals surface area contributed by atoms with Gasteiger partial charge in [0.1, 0.15) is 0 Å². The van der Waals surface area contributed by atoms with Gasteiger partial charge in [0.05, 0.1) is 36.0 Å². The predicted octanol–water partition coefficient (Wildman–Crippen LogP) is 3.58. The van der Waals surface area contributed by atoms with Crippen molar-refractivity contribution in [2.24, 2.45) is 0 Å². The number of rotatable bonds is 6. The smallest absolute Gasteiger partial charge is 0.337 e. The first-order valence-corrected chi connectivity index (χ1v) is 9.60. The second kappa shape index (κ2) is 9.19. The lowest BCUT2D eigenvalue weighted by Gasteiger charge is -2.31. The fraction of sp³-hybridized carbons (Fsp3) is 0.261. The van der Waals surface area contributed by atoms with Crippen LogP contribution in [0.1, 0.15) is 37.8 Å². The average Bonchev–Trinajstić information content (AvgIpc) is 2.74. The van der Waals surface area contributed by atoms with Gasteiger partial charge >= 0.3 is 11.9 Å². The number of aromatic nitrogens is 1. The van der Waals surface area contributed by atoms with E-state index in [9.17, 15) is 9.59 Å². The number of carbonyl (C=O) groups is 2. The molecule has 1 atom stereocenters. The van der Waals surface area contributed by atoms with Gasteiger partial charge in [-0.05, 0) is 44.0 Å². The summed E-state index contributed by atoms with van der Waals surface area (Å²) in [5.74, 6) is -1.57. The number of nitrogens with one attached hydrogen (secondary N) is 1. The first-order chi connectivity index (χ1) is 14.1. The Morgan fingerprint density at radius 3 is 2.10 bits per heavy atom.